The molecule has 0 heterocycles. The molecule has 0 aliphatic carbocycles. The molecule has 0 saturated heterocycles. The zero-order valence-corrected chi connectivity index (χ0v) is 9.71. The number of carbonyl (C=O) groups is 2. The van der Waals surface area contributed by atoms with E-state index in [-0.39, 0.29) is 22.8 Å². The number of carbonyl (C=O) groups excluding carboxylic acids is 2. The molecule has 5 heteroatoms. The van der Waals surface area contributed by atoms with E-state index >= 15 is 0 Å². The van der Waals surface area contributed by atoms with Gasteiger partial charge in [0.2, 0.25) is 0 Å². The Hall–Kier alpha value is -1.55. The zero-order valence-electron chi connectivity index (χ0n) is 8.95. The summed E-state index contributed by atoms with van der Waals surface area (Å²) < 4.78 is 9.34. The zero-order chi connectivity index (χ0) is 12.1. The molecule has 1 aromatic rings. The minimum Gasteiger partial charge on any atom is -0.497 e. The summed E-state index contributed by atoms with van der Waals surface area (Å²) in [5, 5.41) is 0.258. The summed E-state index contributed by atoms with van der Waals surface area (Å²) in [4.78, 5) is 22.5. The lowest BCUT2D eigenvalue weighted by Crippen LogP contribution is -2.09. The highest BCUT2D eigenvalue weighted by atomic mass is 35.5. The number of rotatable bonds is 4. The third-order valence-corrected chi connectivity index (χ3v) is 2.32. The van der Waals surface area contributed by atoms with Crippen LogP contribution in [0.5, 0.6) is 5.75 Å². The summed E-state index contributed by atoms with van der Waals surface area (Å²) in [7, 11) is 2.73. The van der Waals surface area contributed by atoms with E-state index in [0.717, 1.165) is 0 Å². The van der Waals surface area contributed by atoms with Gasteiger partial charge in [-0.2, -0.15) is 0 Å². The average molecular weight is 243 g/mol. The molecule has 0 fully saturated rings. The summed E-state index contributed by atoms with van der Waals surface area (Å²) in [6, 6.07) is 4.65. The second kappa shape index (κ2) is 5.51. The topological polar surface area (TPSA) is 52.6 Å². The van der Waals surface area contributed by atoms with Gasteiger partial charge in [0, 0.05) is 5.56 Å². The van der Waals surface area contributed by atoms with Gasteiger partial charge in [-0.25, -0.2) is 0 Å². The molecule has 1 aromatic carbocycles. The smallest absolute Gasteiger partial charge is 0.313 e. The van der Waals surface area contributed by atoms with Crippen molar-refractivity contribution >= 4 is 23.4 Å². The van der Waals surface area contributed by atoms with Crippen LogP contribution in [-0.2, 0) is 9.53 Å². The highest BCUT2D eigenvalue weighted by Gasteiger charge is 2.15. The maximum atomic E-state index is 11.6. The van der Waals surface area contributed by atoms with Gasteiger partial charge in [-0.3, -0.25) is 9.59 Å². The molecule has 0 aliphatic rings. The molecule has 1 rings (SSSR count). The Morgan fingerprint density at radius 3 is 2.50 bits per heavy atom. The summed E-state index contributed by atoms with van der Waals surface area (Å²) >= 11 is 5.88. The van der Waals surface area contributed by atoms with Crippen LogP contribution in [0.1, 0.15) is 16.8 Å². The van der Waals surface area contributed by atoms with Gasteiger partial charge in [-0.15, -0.1) is 0 Å². The van der Waals surface area contributed by atoms with Crippen LogP contribution in [0.2, 0.25) is 5.02 Å². The minimum absolute atomic E-state index is 0.258. The van der Waals surface area contributed by atoms with Crippen LogP contribution in [0.4, 0.5) is 0 Å². The Morgan fingerprint density at radius 2 is 2.00 bits per heavy atom. The standard InChI is InChI=1S/C11H11ClO4/c1-15-7-3-4-8(9(12)5-7)10(13)6-11(14)16-2/h3-5H,6H2,1-2H3. The summed E-state index contributed by atoms with van der Waals surface area (Å²) in [6.07, 6.45) is -0.317. The van der Waals surface area contributed by atoms with Crippen LogP contribution in [0.15, 0.2) is 18.2 Å². The monoisotopic (exact) mass is 242 g/mol. The van der Waals surface area contributed by atoms with E-state index in [9.17, 15) is 9.59 Å². The lowest BCUT2D eigenvalue weighted by atomic mass is 10.1. The lowest BCUT2D eigenvalue weighted by molar-refractivity contribution is -0.139. The first kappa shape index (κ1) is 12.5. The fourth-order valence-electron chi connectivity index (χ4n) is 1.15. The van der Waals surface area contributed by atoms with Crippen LogP contribution in [-0.4, -0.2) is 26.0 Å². The number of esters is 1. The molecule has 4 nitrogen and oxygen atoms in total. The Balaban J connectivity index is 2.88. The molecule has 86 valence electrons. The highest BCUT2D eigenvalue weighted by molar-refractivity contribution is 6.34. The van der Waals surface area contributed by atoms with Gasteiger partial charge in [-0.1, -0.05) is 11.6 Å². The molecule has 16 heavy (non-hydrogen) atoms. The van der Waals surface area contributed by atoms with E-state index in [1.54, 1.807) is 6.07 Å². The van der Waals surface area contributed by atoms with E-state index < -0.39 is 5.97 Å². The van der Waals surface area contributed by atoms with Crippen molar-refractivity contribution in [3.05, 3.63) is 28.8 Å². The van der Waals surface area contributed by atoms with E-state index in [2.05, 4.69) is 4.74 Å². The molecule has 0 atom stereocenters. The Kier molecular flexibility index (Phi) is 4.31. The third kappa shape index (κ3) is 2.97. The normalized spacial score (nSPS) is 9.69. The van der Waals surface area contributed by atoms with Gasteiger partial charge in [0.15, 0.2) is 5.78 Å². The van der Waals surface area contributed by atoms with E-state index in [4.69, 9.17) is 16.3 Å². The number of halogens is 1. The minimum atomic E-state index is -0.586. The van der Waals surface area contributed by atoms with Gasteiger partial charge in [0.05, 0.1) is 19.2 Å². The predicted molar refractivity (Wildman–Crippen MR) is 59.0 cm³/mol. The average Bonchev–Trinajstić information content (AvgIpc) is 2.28. The number of hydrogen-bond acceptors (Lipinski definition) is 4. The molecular weight excluding hydrogens is 232 g/mol. The van der Waals surface area contributed by atoms with Gasteiger partial charge in [-0.05, 0) is 18.2 Å². The largest absolute Gasteiger partial charge is 0.497 e. The first-order valence-electron chi connectivity index (χ1n) is 4.52. The van der Waals surface area contributed by atoms with Crippen LogP contribution in [0, 0.1) is 0 Å². The van der Waals surface area contributed by atoms with Gasteiger partial charge in [0.1, 0.15) is 12.2 Å². The van der Waals surface area contributed by atoms with Crippen molar-refractivity contribution in [3.8, 4) is 5.75 Å². The number of benzene rings is 1. The maximum absolute atomic E-state index is 11.6. The Morgan fingerprint density at radius 1 is 1.31 bits per heavy atom. The summed E-state index contributed by atoms with van der Waals surface area (Å²) in [6.45, 7) is 0. The van der Waals surface area contributed by atoms with E-state index in [1.165, 1.54) is 26.4 Å². The van der Waals surface area contributed by atoms with E-state index in [1.807, 2.05) is 0 Å². The Labute approximate surface area is 98.1 Å². The van der Waals surface area contributed by atoms with Crippen LogP contribution < -0.4 is 4.74 Å². The summed E-state index contributed by atoms with van der Waals surface area (Å²) in [5.41, 5.74) is 0.285. The van der Waals surface area contributed by atoms with Gasteiger partial charge < -0.3 is 9.47 Å². The molecule has 0 aromatic heterocycles. The highest BCUT2D eigenvalue weighted by Crippen LogP contribution is 2.23. The van der Waals surface area contributed by atoms with Crippen molar-refractivity contribution in [2.24, 2.45) is 0 Å². The molecule has 0 amide bonds. The molecule has 0 unspecified atom stereocenters. The summed E-state index contributed by atoms with van der Waals surface area (Å²) in [5.74, 6) is -0.406. The van der Waals surface area contributed by atoms with Crippen LogP contribution >= 0.6 is 11.6 Å². The number of hydrogen-bond donors (Lipinski definition) is 0. The first-order valence-corrected chi connectivity index (χ1v) is 4.90. The number of methoxy groups -OCH3 is 2. The fraction of sp³-hybridized carbons (Fsp3) is 0.273. The van der Waals surface area contributed by atoms with Crippen molar-refractivity contribution < 1.29 is 19.1 Å². The van der Waals surface area contributed by atoms with Crippen LogP contribution in [0.25, 0.3) is 0 Å². The molecule has 0 saturated carbocycles. The lowest BCUT2D eigenvalue weighted by Gasteiger charge is -2.05. The quantitative estimate of drug-likeness (QED) is 0.461. The number of ether oxygens (including phenoxy) is 2. The van der Waals surface area contributed by atoms with E-state index in [0.29, 0.717) is 5.75 Å². The molecule has 0 aliphatic heterocycles. The van der Waals surface area contributed by atoms with Gasteiger partial charge >= 0.3 is 5.97 Å². The predicted octanol–water partition coefficient (Wildman–Crippen LogP) is 2.09. The second-order valence-electron chi connectivity index (χ2n) is 3.02. The molecule has 0 N–H and O–H groups in total. The van der Waals surface area contributed by atoms with Crippen molar-refractivity contribution in [1.29, 1.82) is 0 Å². The third-order valence-electron chi connectivity index (χ3n) is 2.01. The fourth-order valence-corrected chi connectivity index (χ4v) is 1.42. The molecule has 0 spiro atoms. The van der Waals surface area contributed by atoms with Crippen molar-refractivity contribution in [3.63, 3.8) is 0 Å². The van der Waals surface area contributed by atoms with Crippen molar-refractivity contribution in [1.82, 2.24) is 0 Å². The SMILES string of the molecule is COC(=O)CC(=O)c1ccc(OC)cc1Cl. The second-order valence-corrected chi connectivity index (χ2v) is 3.43. The molecule has 0 bridgehead atoms. The molecular formula is C11H11ClO4. The number of ketones is 1. The molecule has 0 radical (unpaired) electrons. The van der Waals surface area contributed by atoms with Crippen molar-refractivity contribution in [2.45, 2.75) is 6.42 Å². The Bertz CT molecular complexity index is 414. The van der Waals surface area contributed by atoms with Crippen LogP contribution in [0.3, 0.4) is 0 Å². The van der Waals surface area contributed by atoms with Crippen molar-refractivity contribution in [2.75, 3.05) is 14.2 Å². The van der Waals surface area contributed by atoms with Gasteiger partial charge in [0.25, 0.3) is 0 Å². The number of Topliss-reactive ketones (excluding diaryl/α,β-unsaturated/α-hetero) is 1. The maximum Gasteiger partial charge on any atom is 0.313 e. The first-order chi connectivity index (χ1) is 7.58.